The molecule has 0 radical (unpaired) electrons. The summed E-state index contributed by atoms with van der Waals surface area (Å²) < 4.78 is 52.1. The first-order valence-electron chi connectivity index (χ1n) is 7.67. The van der Waals surface area contributed by atoms with Gasteiger partial charge in [-0.05, 0) is 19.1 Å². The van der Waals surface area contributed by atoms with Gasteiger partial charge in [0.1, 0.15) is 30.8 Å². The molecule has 1 aromatic rings. The van der Waals surface area contributed by atoms with Crippen LogP contribution < -0.4 is 9.64 Å². The monoisotopic (exact) mass is 361 g/mol. The molecule has 1 N–H and O–H groups in total. The summed E-state index contributed by atoms with van der Waals surface area (Å²) in [4.78, 5) is 23.1. The minimum atomic E-state index is -4.83. The summed E-state index contributed by atoms with van der Waals surface area (Å²) in [6.45, 7) is 1.70. The number of benzene rings is 1. The van der Waals surface area contributed by atoms with Gasteiger partial charge in [-0.25, -0.2) is 0 Å². The fourth-order valence-electron chi connectivity index (χ4n) is 3.38. The number of morpholine rings is 1. The summed E-state index contributed by atoms with van der Waals surface area (Å²) in [7, 11) is 0. The zero-order chi connectivity index (χ0) is 18.4. The van der Waals surface area contributed by atoms with Crippen molar-refractivity contribution in [3.63, 3.8) is 0 Å². The Morgan fingerprint density at radius 3 is 2.48 bits per heavy atom. The van der Waals surface area contributed by atoms with Gasteiger partial charge in [0.2, 0.25) is 0 Å². The molecular weight excluding hydrogens is 345 g/mol. The Hall–Kier alpha value is -2.20. The maximum Gasteiger partial charge on any atom is 0.486 e. The number of nitrogens with one attached hydrogen (secondary N) is 1. The molecule has 0 amide bonds. The molecule has 0 aromatic heterocycles. The number of nitrogens with zero attached hydrogens (tertiary/aromatic N) is 1. The first kappa shape index (κ1) is 17.6. The number of halogens is 3. The average molecular weight is 361 g/mol. The molecule has 1 saturated heterocycles. The van der Waals surface area contributed by atoms with E-state index in [9.17, 15) is 28.1 Å². The summed E-state index contributed by atoms with van der Waals surface area (Å²) in [5.74, 6) is -1.34. The van der Waals surface area contributed by atoms with Crippen LogP contribution in [0.4, 0.5) is 18.9 Å². The fourth-order valence-corrected chi connectivity index (χ4v) is 3.38. The standard InChI is InChI=1S/C15H15F3N2O5/c1-9-2-3-11-12(13(9)20(22)23)10(21)8-14(25-11,15(16,17)18)19-4-6-24-7-5-19/h2-3H,4-8H2,1H3/p+1/t14-/m0/s1. The number of fused-ring (bicyclic) bond motifs is 1. The second-order valence-electron chi connectivity index (χ2n) is 6.10. The summed E-state index contributed by atoms with van der Waals surface area (Å²) in [5, 5.41) is 11.3. The van der Waals surface area contributed by atoms with Gasteiger partial charge in [0.15, 0.2) is 5.78 Å². The zero-order valence-electron chi connectivity index (χ0n) is 13.3. The molecule has 2 heterocycles. The van der Waals surface area contributed by atoms with Crippen molar-refractivity contribution >= 4 is 11.5 Å². The van der Waals surface area contributed by atoms with E-state index in [-0.39, 0.29) is 36.8 Å². The molecular formula is C15H16F3N2O5+. The first-order valence-corrected chi connectivity index (χ1v) is 7.67. The molecule has 2 aliphatic rings. The minimum absolute atomic E-state index is 0.0239. The Kier molecular flexibility index (Phi) is 4.20. The third-order valence-corrected chi connectivity index (χ3v) is 4.62. The zero-order valence-corrected chi connectivity index (χ0v) is 13.3. The average Bonchev–Trinajstić information content (AvgIpc) is 2.54. The molecule has 1 atom stereocenters. The predicted molar refractivity (Wildman–Crippen MR) is 77.7 cm³/mol. The van der Waals surface area contributed by atoms with Crippen molar-refractivity contribution in [2.75, 3.05) is 26.3 Å². The molecule has 10 heteroatoms. The molecule has 25 heavy (non-hydrogen) atoms. The van der Waals surface area contributed by atoms with Crippen molar-refractivity contribution in [2.45, 2.75) is 25.2 Å². The van der Waals surface area contributed by atoms with E-state index >= 15 is 0 Å². The number of ketones is 1. The van der Waals surface area contributed by atoms with Gasteiger partial charge in [-0.1, -0.05) is 0 Å². The number of carbonyl (C=O) groups is 1. The van der Waals surface area contributed by atoms with Crippen LogP contribution in [0.5, 0.6) is 5.75 Å². The number of hydrogen-bond acceptors (Lipinski definition) is 5. The molecule has 0 aliphatic carbocycles. The Labute approximate surface area is 140 Å². The number of aryl methyl sites for hydroxylation is 1. The van der Waals surface area contributed by atoms with Gasteiger partial charge in [-0.3, -0.25) is 19.8 Å². The van der Waals surface area contributed by atoms with E-state index in [0.29, 0.717) is 0 Å². The van der Waals surface area contributed by atoms with Gasteiger partial charge in [0, 0.05) is 5.56 Å². The minimum Gasteiger partial charge on any atom is -0.431 e. The van der Waals surface area contributed by atoms with Crippen LogP contribution in [-0.2, 0) is 4.74 Å². The van der Waals surface area contributed by atoms with E-state index in [0.717, 1.165) is 0 Å². The van der Waals surface area contributed by atoms with E-state index in [1.807, 2.05) is 0 Å². The van der Waals surface area contributed by atoms with Gasteiger partial charge < -0.3 is 9.47 Å². The molecule has 0 saturated carbocycles. The number of hydrogen-bond donors (Lipinski definition) is 1. The van der Waals surface area contributed by atoms with E-state index in [1.54, 1.807) is 0 Å². The highest BCUT2D eigenvalue weighted by Crippen LogP contribution is 2.43. The number of nitro groups is 1. The SMILES string of the molecule is Cc1ccc2c(c1[N+](=O)[O-])C(=O)C[C@@]([NH+]1CCOCC1)(C(F)(F)F)O2. The highest BCUT2D eigenvalue weighted by Gasteiger charge is 2.68. The maximum absolute atomic E-state index is 13.9. The predicted octanol–water partition coefficient (Wildman–Crippen LogP) is 1.04. The maximum atomic E-state index is 13.9. The topological polar surface area (TPSA) is 83.1 Å². The normalized spacial score (nSPS) is 24.6. The van der Waals surface area contributed by atoms with Crippen molar-refractivity contribution in [1.82, 2.24) is 0 Å². The third-order valence-electron chi connectivity index (χ3n) is 4.62. The smallest absolute Gasteiger partial charge is 0.431 e. The Balaban J connectivity index is 2.13. The lowest BCUT2D eigenvalue weighted by atomic mass is 9.91. The molecule has 3 rings (SSSR count). The van der Waals surface area contributed by atoms with Crippen molar-refractivity contribution in [3.05, 3.63) is 33.4 Å². The Morgan fingerprint density at radius 2 is 1.92 bits per heavy atom. The molecule has 1 fully saturated rings. The van der Waals surface area contributed by atoms with E-state index < -0.39 is 46.0 Å². The number of Topliss-reactive ketones (excluding diaryl/α,β-unsaturated/α-hetero) is 1. The number of quaternary nitrogens is 1. The van der Waals surface area contributed by atoms with Crippen molar-refractivity contribution in [1.29, 1.82) is 0 Å². The summed E-state index contributed by atoms with van der Waals surface area (Å²) in [5.41, 5.74) is -3.46. The van der Waals surface area contributed by atoms with Crippen LogP contribution in [0.3, 0.4) is 0 Å². The van der Waals surface area contributed by atoms with Gasteiger partial charge in [-0.2, -0.15) is 13.2 Å². The Bertz CT molecular complexity index is 731. The largest absolute Gasteiger partial charge is 0.486 e. The third kappa shape index (κ3) is 2.74. The summed E-state index contributed by atoms with van der Waals surface area (Å²) in [6.07, 6.45) is -5.82. The molecule has 1 aromatic carbocycles. The molecule has 0 spiro atoms. The number of alkyl halides is 3. The lowest BCUT2D eigenvalue weighted by molar-refractivity contribution is -0.993. The van der Waals surface area contributed by atoms with Crippen molar-refractivity contribution in [3.8, 4) is 5.75 Å². The van der Waals surface area contributed by atoms with Gasteiger partial charge in [0.05, 0.1) is 18.1 Å². The first-order chi connectivity index (χ1) is 11.7. The molecule has 0 bridgehead atoms. The van der Waals surface area contributed by atoms with Gasteiger partial charge >= 0.3 is 11.9 Å². The van der Waals surface area contributed by atoms with Crippen molar-refractivity contribution < 1.29 is 37.3 Å². The van der Waals surface area contributed by atoms with Crippen LogP contribution in [-0.4, -0.2) is 48.9 Å². The molecule has 7 nitrogen and oxygen atoms in total. The molecule has 0 unspecified atom stereocenters. The van der Waals surface area contributed by atoms with Crippen LogP contribution >= 0.6 is 0 Å². The Morgan fingerprint density at radius 1 is 1.28 bits per heavy atom. The lowest BCUT2D eigenvalue weighted by Gasteiger charge is -2.44. The highest BCUT2D eigenvalue weighted by molar-refractivity contribution is 6.04. The lowest BCUT2D eigenvalue weighted by Crippen LogP contribution is -3.25. The van der Waals surface area contributed by atoms with E-state index in [4.69, 9.17) is 9.47 Å². The van der Waals surface area contributed by atoms with Crippen LogP contribution in [0.1, 0.15) is 22.3 Å². The quantitative estimate of drug-likeness (QED) is 0.629. The number of ether oxygens (including phenoxy) is 2. The van der Waals surface area contributed by atoms with Gasteiger partial charge in [-0.15, -0.1) is 0 Å². The van der Waals surface area contributed by atoms with E-state index in [2.05, 4.69) is 0 Å². The van der Waals surface area contributed by atoms with Crippen LogP contribution in [0.2, 0.25) is 0 Å². The summed E-state index contributed by atoms with van der Waals surface area (Å²) in [6, 6.07) is 2.47. The van der Waals surface area contributed by atoms with Crippen LogP contribution in [0.15, 0.2) is 12.1 Å². The number of carbonyl (C=O) groups excluding carboxylic acids is 1. The van der Waals surface area contributed by atoms with Crippen molar-refractivity contribution in [2.24, 2.45) is 0 Å². The number of nitro benzene ring substituents is 1. The molecule has 2 aliphatic heterocycles. The highest BCUT2D eigenvalue weighted by atomic mass is 19.4. The van der Waals surface area contributed by atoms with E-state index in [1.165, 1.54) is 19.1 Å². The van der Waals surface area contributed by atoms with Crippen LogP contribution in [0.25, 0.3) is 0 Å². The van der Waals surface area contributed by atoms with Crippen LogP contribution in [0, 0.1) is 17.0 Å². The number of rotatable bonds is 2. The molecule has 136 valence electrons. The fraction of sp³-hybridized carbons (Fsp3) is 0.533. The van der Waals surface area contributed by atoms with Gasteiger partial charge in [0.25, 0.3) is 5.69 Å². The second-order valence-corrected chi connectivity index (χ2v) is 6.10. The second kappa shape index (κ2) is 5.95. The summed E-state index contributed by atoms with van der Waals surface area (Å²) >= 11 is 0.